The Hall–Kier alpha value is -3.16. The first-order valence-corrected chi connectivity index (χ1v) is 7.71. The highest BCUT2D eigenvalue weighted by atomic mass is 16.3. The molecular weight excluding hydrogens is 324 g/mol. The Morgan fingerprint density at radius 2 is 1.84 bits per heavy atom. The average Bonchev–Trinajstić information content (AvgIpc) is 2.58. The van der Waals surface area contributed by atoms with Crippen LogP contribution in [-0.4, -0.2) is 25.9 Å². The summed E-state index contributed by atoms with van der Waals surface area (Å²) in [7, 11) is 2.71. The van der Waals surface area contributed by atoms with Gasteiger partial charge in [0.15, 0.2) is 0 Å². The molecule has 0 atom stereocenters. The molecule has 0 spiro atoms. The number of amides is 1. The van der Waals surface area contributed by atoms with Gasteiger partial charge < -0.3 is 10.4 Å². The van der Waals surface area contributed by atoms with Crippen LogP contribution in [0.1, 0.15) is 25.8 Å². The largest absolute Gasteiger partial charge is 0.494 e. The summed E-state index contributed by atoms with van der Waals surface area (Å²) in [6.45, 7) is 3.17. The Balaban J connectivity index is 2.71. The van der Waals surface area contributed by atoms with Crippen molar-refractivity contribution in [2.24, 2.45) is 19.1 Å². The Morgan fingerprint density at radius 3 is 2.44 bits per heavy atom. The summed E-state index contributed by atoms with van der Waals surface area (Å²) in [6.07, 6.45) is 0.343. The smallest absolute Gasteiger partial charge is 0.333 e. The topological polar surface area (TPSA) is 106 Å². The molecule has 8 nitrogen and oxygen atoms in total. The van der Waals surface area contributed by atoms with E-state index in [1.165, 1.54) is 21.0 Å². The van der Waals surface area contributed by atoms with Crippen LogP contribution in [0.2, 0.25) is 0 Å². The molecule has 1 aromatic heterocycles. The average molecular weight is 344 g/mol. The lowest BCUT2D eigenvalue weighted by molar-refractivity contribution is -0.114. The Bertz CT molecular complexity index is 970. The van der Waals surface area contributed by atoms with Gasteiger partial charge in [-0.1, -0.05) is 19.1 Å². The number of hydrogen-bond donors (Lipinski definition) is 2. The summed E-state index contributed by atoms with van der Waals surface area (Å²) in [5, 5.41) is 12.9. The number of aliphatic imine (C=N–C) groups is 1. The molecule has 0 radical (unpaired) electrons. The molecule has 1 heterocycles. The number of nitrogens with one attached hydrogen (secondary N) is 1. The highest BCUT2D eigenvalue weighted by Crippen LogP contribution is 2.26. The molecule has 1 aromatic carbocycles. The molecule has 0 saturated heterocycles. The van der Waals surface area contributed by atoms with E-state index in [-0.39, 0.29) is 11.5 Å². The van der Waals surface area contributed by atoms with E-state index in [0.717, 1.165) is 9.13 Å². The molecule has 132 valence electrons. The standard InChI is InChI=1S/C17H20N4O4/c1-5-11(14-15(23)20(3)17(25)21(4)16(14)24)19-13-9-7-6-8-12(13)18-10(2)22/h6-9,23H,5H2,1-4H3,(H,18,22). The summed E-state index contributed by atoms with van der Waals surface area (Å²) >= 11 is 0. The fraction of sp³-hybridized carbons (Fsp3) is 0.294. The number of rotatable bonds is 4. The Kier molecular flexibility index (Phi) is 5.21. The molecule has 0 unspecified atom stereocenters. The van der Waals surface area contributed by atoms with Crippen molar-refractivity contribution in [2.45, 2.75) is 20.3 Å². The summed E-state index contributed by atoms with van der Waals surface area (Å²) < 4.78 is 1.90. The Morgan fingerprint density at radius 1 is 1.20 bits per heavy atom. The van der Waals surface area contributed by atoms with Crippen molar-refractivity contribution in [3.63, 3.8) is 0 Å². The molecule has 2 aromatic rings. The number of hydrogen-bond acceptors (Lipinski definition) is 5. The number of nitrogens with zero attached hydrogens (tertiary/aromatic N) is 3. The number of carbonyl (C=O) groups excluding carboxylic acids is 1. The van der Waals surface area contributed by atoms with Crippen molar-refractivity contribution in [2.75, 3.05) is 5.32 Å². The number of aromatic nitrogens is 2. The zero-order valence-corrected chi connectivity index (χ0v) is 14.5. The molecule has 8 heteroatoms. The summed E-state index contributed by atoms with van der Waals surface area (Å²) in [5.41, 5.74) is -0.0401. The van der Waals surface area contributed by atoms with Crippen LogP contribution in [0.4, 0.5) is 11.4 Å². The third-order valence-electron chi connectivity index (χ3n) is 3.73. The lowest BCUT2D eigenvalue weighted by Gasteiger charge is -2.12. The predicted molar refractivity (Wildman–Crippen MR) is 95.8 cm³/mol. The predicted octanol–water partition coefficient (Wildman–Crippen LogP) is 1.28. The molecule has 0 aliphatic heterocycles. The lowest BCUT2D eigenvalue weighted by atomic mass is 10.1. The maximum Gasteiger partial charge on any atom is 0.333 e. The van der Waals surface area contributed by atoms with Gasteiger partial charge in [0, 0.05) is 21.0 Å². The monoisotopic (exact) mass is 344 g/mol. The molecule has 25 heavy (non-hydrogen) atoms. The van der Waals surface area contributed by atoms with E-state index in [1.54, 1.807) is 31.2 Å². The number of aromatic hydroxyl groups is 1. The van der Waals surface area contributed by atoms with Gasteiger partial charge >= 0.3 is 5.69 Å². The SMILES string of the molecule is CCC(=Nc1ccccc1NC(C)=O)c1c(O)n(C)c(=O)n(C)c1=O. The summed E-state index contributed by atoms with van der Waals surface area (Å²) in [4.78, 5) is 40.1. The maximum absolute atomic E-state index is 12.5. The molecule has 0 saturated carbocycles. The van der Waals surface area contributed by atoms with E-state index < -0.39 is 17.1 Å². The molecule has 2 N–H and O–H groups in total. The van der Waals surface area contributed by atoms with E-state index in [4.69, 9.17) is 0 Å². The van der Waals surface area contributed by atoms with Gasteiger partial charge in [-0.05, 0) is 18.6 Å². The Labute approximate surface area is 144 Å². The van der Waals surface area contributed by atoms with Crippen LogP contribution in [0.5, 0.6) is 5.88 Å². The first-order valence-electron chi connectivity index (χ1n) is 7.71. The third kappa shape index (κ3) is 3.52. The first kappa shape index (κ1) is 18.2. The van der Waals surface area contributed by atoms with Crippen LogP contribution in [-0.2, 0) is 18.9 Å². The fourth-order valence-corrected chi connectivity index (χ4v) is 2.41. The van der Waals surface area contributed by atoms with Gasteiger partial charge in [0.25, 0.3) is 5.56 Å². The minimum absolute atomic E-state index is 0.0373. The third-order valence-corrected chi connectivity index (χ3v) is 3.73. The van der Waals surface area contributed by atoms with E-state index in [9.17, 15) is 19.5 Å². The van der Waals surface area contributed by atoms with Crippen LogP contribution in [0.3, 0.4) is 0 Å². The number of carbonyl (C=O) groups is 1. The van der Waals surface area contributed by atoms with Crippen molar-refractivity contribution >= 4 is 23.0 Å². The molecule has 2 rings (SSSR count). The van der Waals surface area contributed by atoms with Crippen LogP contribution in [0.25, 0.3) is 0 Å². The molecule has 0 aliphatic carbocycles. The number of para-hydroxylation sites is 2. The van der Waals surface area contributed by atoms with E-state index >= 15 is 0 Å². The van der Waals surface area contributed by atoms with E-state index in [1.807, 2.05) is 0 Å². The highest BCUT2D eigenvalue weighted by Gasteiger charge is 2.19. The normalized spacial score (nSPS) is 11.4. The van der Waals surface area contributed by atoms with Crippen LogP contribution < -0.4 is 16.6 Å². The second-order valence-corrected chi connectivity index (χ2v) is 5.51. The zero-order valence-electron chi connectivity index (χ0n) is 14.5. The van der Waals surface area contributed by atoms with Crippen LogP contribution in [0.15, 0.2) is 38.8 Å². The van der Waals surface area contributed by atoms with Crippen molar-refractivity contribution < 1.29 is 9.90 Å². The van der Waals surface area contributed by atoms with Crippen LogP contribution >= 0.6 is 0 Å². The second kappa shape index (κ2) is 7.16. The van der Waals surface area contributed by atoms with Gasteiger partial charge in [-0.15, -0.1) is 0 Å². The molecule has 0 bridgehead atoms. The van der Waals surface area contributed by atoms with Gasteiger partial charge in [0.2, 0.25) is 11.8 Å². The summed E-state index contributed by atoms with van der Waals surface area (Å²) in [5.74, 6) is -0.688. The van der Waals surface area contributed by atoms with E-state index in [2.05, 4.69) is 10.3 Å². The van der Waals surface area contributed by atoms with Gasteiger partial charge in [-0.3, -0.25) is 23.7 Å². The quantitative estimate of drug-likeness (QED) is 0.815. The fourth-order valence-electron chi connectivity index (χ4n) is 2.41. The second-order valence-electron chi connectivity index (χ2n) is 5.51. The van der Waals surface area contributed by atoms with Crippen LogP contribution in [0, 0.1) is 0 Å². The molecule has 1 amide bonds. The number of anilines is 1. The van der Waals surface area contributed by atoms with Crippen molar-refractivity contribution in [3.05, 3.63) is 50.7 Å². The van der Waals surface area contributed by atoms with Crippen molar-refractivity contribution in [1.29, 1.82) is 0 Å². The molecular formula is C17H20N4O4. The lowest BCUT2D eigenvalue weighted by Crippen LogP contribution is -2.40. The van der Waals surface area contributed by atoms with E-state index in [0.29, 0.717) is 23.5 Å². The first-order chi connectivity index (χ1) is 11.8. The van der Waals surface area contributed by atoms with Crippen molar-refractivity contribution in [3.8, 4) is 5.88 Å². The van der Waals surface area contributed by atoms with Gasteiger partial charge in [-0.25, -0.2) is 4.79 Å². The maximum atomic E-state index is 12.5. The minimum Gasteiger partial charge on any atom is -0.494 e. The van der Waals surface area contributed by atoms with Crippen molar-refractivity contribution in [1.82, 2.24) is 9.13 Å². The van der Waals surface area contributed by atoms with Gasteiger partial charge in [0.05, 0.1) is 17.1 Å². The minimum atomic E-state index is -0.627. The van der Waals surface area contributed by atoms with Gasteiger partial charge in [0.1, 0.15) is 5.56 Å². The number of benzene rings is 1. The molecule has 0 fully saturated rings. The summed E-state index contributed by atoms with van der Waals surface area (Å²) in [6, 6.07) is 6.87. The zero-order chi connectivity index (χ0) is 18.7. The highest BCUT2D eigenvalue weighted by molar-refractivity contribution is 6.04. The molecule has 0 aliphatic rings. The van der Waals surface area contributed by atoms with Gasteiger partial charge in [-0.2, -0.15) is 0 Å².